The van der Waals surface area contributed by atoms with Gasteiger partial charge in [0.2, 0.25) is 0 Å². The first-order valence-corrected chi connectivity index (χ1v) is 10.1. The zero-order chi connectivity index (χ0) is 19.3. The van der Waals surface area contributed by atoms with Gasteiger partial charge in [-0.25, -0.2) is 0 Å². The number of aromatic nitrogens is 1. The van der Waals surface area contributed by atoms with Crippen LogP contribution in [0.5, 0.6) is 0 Å². The molecule has 0 aliphatic carbocycles. The molecule has 0 aromatic carbocycles. The summed E-state index contributed by atoms with van der Waals surface area (Å²) in [4.78, 5) is 23.1. The van der Waals surface area contributed by atoms with Gasteiger partial charge in [-0.1, -0.05) is 6.92 Å². The second-order valence-electron chi connectivity index (χ2n) is 7.06. The highest BCUT2D eigenvalue weighted by Crippen LogP contribution is 2.15. The molecule has 0 radical (unpaired) electrons. The molecule has 150 valence electrons. The molecule has 0 atom stereocenters. The second-order valence-corrected chi connectivity index (χ2v) is 7.06. The maximum atomic E-state index is 12.0. The van der Waals surface area contributed by atoms with Crippen molar-refractivity contribution in [1.29, 1.82) is 0 Å². The van der Waals surface area contributed by atoms with E-state index in [0.29, 0.717) is 18.7 Å². The van der Waals surface area contributed by atoms with Gasteiger partial charge in [-0.05, 0) is 63.9 Å². The molecule has 1 aliphatic rings. The summed E-state index contributed by atoms with van der Waals surface area (Å²) in [6.07, 6.45) is 6.93. The summed E-state index contributed by atoms with van der Waals surface area (Å²) in [5.41, 5.74) is 0.574. The van der Waals surface area contributed by atoms with Crippen molar-refractivity contribution in [3.8, 4) is 0 Å². The maximum absolute atomic E-state index is 12.0. The third-order valence-corrected chi connectivity index (χ3v) is 4.75. The Hall–Kier alpha value is -2.15. The summed E-state index contributed by atoms with van der Waals surface area (Å²) in [6, 6.07) is 3.51. The third kappa shape index (κ3) is 8.39. The van der Waals surface area contributed by atoms with E-state index in [1.807, 2.05) is 0 Å². The lowest BCUT2D eigenvalue weighted by Gasteiger charge is -2.29. The molecule has 0 bridgehead atoms. The number of nitrogens with one attached hydrogen (secondary N) is 3. The van der Waals surface area contributed by atoms with E-state index >= 15 is 0 Å². The van der Waals surface area contributed by atoms with E-state index in [1.54, 1.807) is 24.5 Å². The number of amides is 1. The Labute approximate surface area is 163 Å². The minimum absolute atomic E-state index is 0.109. The molecule has 2 rings (SSSR count). The smallest absolute Gasteiger partial charge is 0.252 e. The van der Waals surface area contributed by atoms with E-state index in [9.17, 15) is 4.79 Å². The molecule has 1 fully saturated rings. The minimum atomic E-state index is -0.109. The van der Waals surface area contributed by atoms with Crippen LogP contribution in [-0.4, -0.2) is 67.6 Å². The molecule has 1 aromatic heterocycles. The van der Waals surface area contributed by atoms with Gasteiger partial charge in [-0.3, -0.25) is 14.8 Å². The Bertz CT molecular complexity index is 569. The van der Waals surface area contributed by atoms with Crippen LogP contribution in [0.3, 0.4) is 0 Å². The number of nitrogens with zero attached hydrogens (tertiary/aromatic N) is 3. The average Bonchev–Trinajstić information content (AvgIpc) is 2.70. The zero-order valence-corrected chi connectivity index (χ0v) is 16.7. The topological polar surface area (TPSA) is 81.7 Å². The molecule has 7 heteroatoms. The van der Waals surface area contributed by atoms with Gasteiger partial charge in [-0.15, -0.1) is 0 Å². The highest BCUT2D eigenvalue weighted by atomic mass is 16.1. The standard InChI is InChI=1S/C20H34N6O/c1-3-22-20(24-10-5-13-26-14-7-17(2)8-15-26)25-12-11-23-19(27)18-6-4-9-21-16-18/h4,6,9,16-17H,3,5,7-8,10-15H2,1-2H3,(H,23,27)(H2,22,24,25). The van der Waals surface area contributed by atoms with Gasteiger partial charge in [0.25, 0.3) is 5.91 Å². The van der Waals surface area contributed by atoms with Crippen molar-refractivity contribution < 1.29 is 4.79 Å². The molecule has 0 saturated carbocycles. The fraction of sp³-hybridized carbons (Fsp3) is 0.650. The Balaban J connectivity index is 1.62. The van der Waals surface area contributed by atoms with Crippen LogP contribution in [0.25, 0.3) is 0 Å². The second kappa shape index (κ2) is 12.3. The highest BCUT2D eigenvalue weighted by Gasteiger charge is 2.14. The number of aliphatic imine (C=N–C) groups is 1. The van der Waals surface area contributed by atoms with Crippen LogP contribution < -0.4 is 16.0 Å². The van der Waals surface area contributed by atoms with Gasteiger partial charge in [0, 0.05) is 38.6 Å². The van der Waals surface area contributed by atoms with Crippen LogP contribution >= 0.6 is 0 Å². The monoisotopic (exact) mass is 374 g/mol. The summed E-state index contributed by atoms with van der Waals surface area (Å²) >= 11 is 0. The Morgan fingerprint density at radius 3 is 2.74 bits per heavy atom. The first kappa shape index (κ1) is 21.2. The predicted molar refractivity (Wildman–Crippen MR) is 110 cm³/mol. The zero-order valence-electron chi connectivity index (χ0n) is 16.7. The number of hydrogen-bond acceptors (Lipinski definition) is 4. The summed E-state index contributed by atoms with van der Waals surface area (Å²) in [5.74, 6) is 1.57. The van der Waals surface area contributed by atoms with Crippen molar-refractivity contribution in [2.24, 2.45) is 10.9 Å². The van der Waals surface area contributed by atoms with E-state index in [-0.39, 0.29) is 5.91 Å². The van der Waals surface area contributed by atoms with Gasteiger partial charge in [0.15, 0.2) is 5.96 Å². The van der Waals surface area contributed by atoms with Gasteiger partial charge in [-0.2, -0.15) is 0 Å². The summed E-state index contributed by atoms with van der Waals surface area (Å²) < 4.78 is 0. The number of pyridine rings is 1. The van der Waals surface area contributed by atoms with Crippen LogP contribution in [-0.2, 0) is 0 Å². The number of rotatable bonds is 9. The fourth-order valence-corrected chi connectivity index (χ4v) is 3.07. The van der Waals surface area contributed by atoms with Gasteiger partial charge in [0.1, 0.15) is 0 Å². The van der Waals surface area contributed by atoms with Crippen LogP contribution in [0.2, 0.25) is 0 Å². The highest BCUT2D eigenvalue weighted by molar-refractivity contribution is 5.93. The molecule has 1 amide bonds. The van der Waals surface area contributed by atoms with Crippen LogP contribution in [0.4, 0.5) is 0 Å². The molecular formula is C20H34N6O. The van der Waals surface area contributed by atoms with Gasteiger partial charge >= 0.3 is 0 Å². The largest absolute Gasteiger partial charge is 0.357 e. The van der Waals surface area contributed by atoms with Crippen molar-refractivity contribution in [1.82, 2.24) is 25.8 Å². The quantitative estimate of drug-likeness (QED) is 0.347. The van der Waals surface area contributed by atoms with Crippen LogP contribution in [0, 0.1) is 5.92 Å². The Morgan fingerprint density at radius 2 is 2.04 bits per heavy atom. The molecule has 2 heterocycles. The summed E-state index contributed by atoms with van der Waals surface area (Å²) in [6.45, 7) is 10.7. The SMILES string of the molecule is CCNC(=NCCCN1CCC(C)CC1)NCCNC(=O)c1cccnc1. The number of carbonyl (C=O) groups excluding carboxylic acids is 1. The maximum Gasteiger partial charge on any atom is 0.252 e. The van der Waals surface area contributed by atoms with Crippen molar-refractivity contribution in [2.45, 2.75) is 33.1 Å². The molecule has 1 aliphatic heterocycles. The summed E-state index contributed by atoms with van der Waals surface area (Å²) in [5, 5.41) is 9.40. The predicted octanol–water partition coefficient (Wildman–Crippen LogP) is 1.49. The number of guanidine groups is 1. The van der Waals surface area contributed by atoms with Gasteiger partial charge < -0.3 is 20.9 Å². The van der Waals surface area contributed by atoms with Crippen molar-refractivity contribution in [3.63, 3.8) is 0 Å². The van der Waals surface area contributed by atoms with Crippen molar-refractivity contribution in [2.75, 3.05) is 45.8 Å². The van der Waals surface area contributed by atoms with Crippen LogP contribution in [0.15, 0.2) is 29.5 Å². The first-order valence-electron chi connectivity index (χ1n) is 10.1. The number of hydrogen-bond donors (Lipinski definition) is 3. The van der Waals surface area contributed by atoms with E-state index < -0.39 is 0 Å². The third-order valence-electron chi connectivity index (χ3n) is 4.75. The molecular weight excluding hydrogens is 340 g/mol. The molecule has 27 heavy (non-hydrogen) atoms. The van der Waals surface area contributed by atoms with E-state index in [0.717, 1.165) is 37.9 Å². The minimum Gasteiger partial charge on any atom is -0.357 e. The Morgan fingerprint density at radius 1 is 1.26 bits per heavy atom. The molecule has 0 spiro atoms. The summed E-state index contributed by atoms with van der Waals surface area (Å²) in [7, 11) is 0. The molecule has 1 saturated heterocycles. The van der Waals surface area contributed by atoms with Crippen molar-refractivity contribution in [3.05, 3.63) is 30.1 Å². The van der Waals surface area contributed by atoms with Crippen molar-refractivity contribution >= 4 is 11.9 Å². The van der Waals surface area contributed by atoms with Gasteiger partial charge in [0.05, 0.1) is 5.56 Å². The lowest BCUT2D eigenvalue weighted by Crippen LogP contribution is -2.41. The van der Waals surface area contributed by atoms with E-state index in [4.69, 9.17) is 0 Å². The molecule has 0 unspecified atom stereocenters. The molecule has 1 aromatic rings. The number of likely N-dealkylation sites (tertiary alicyclic amines) is 1. The van der Waals surface area contributed by atoms with E-state index in [2.05, 4.69) is 44.7 Å². The Kier molecular flexibility index (Phi) is 9.62. The van der Waals surface area contributed by atoms with E-state index in [1.165, 1.54) is 25.9 Å². The lowest BCUT2D eigenvalue weighted by atomic mass is 9.99. The number of piperidine rings is 1. The first-order chi connectivity index (χ1) is 13.2. The lowest BCUT2D eigenvalue weighted by molar-refractivity contribution is 0.0954. The molecule has 7 nitrogen and oxygen atoms in total. The number of carbonyl (C=O) groups is 1. The fourth-order valence-electron chi connectivity index (χ4n) is 3.07. The van der Waals surface area contributed by atoms with Crippen LogP contribution in [0.1, 0.15) is 43.5 Å². The normalized spacial score (nSPS) is 16.1. The molecule has 3 N–H and O–H groups in total. The average molecular weight is 375 g/mol.